The van der Waals surface area contributed by atoms with Crippen molar-refractivity contribution < 1.29 is 24.5 Å². The molecule has 0 aromatic heterocycles. The minimum atomic E-state index is -0.796. The van der Waals surface area contributed by atoms with Crippen molar-refractivity contribution in [2.45, 2.75) is 277 Å². The lowest BCUT2D eigenvalue weighted by molar-refractivity contribution is -0.151. The van der Waals surface area contributed by atoms with E-state index in [1.165, 1.54) is 116 Å². The summed E-state index contributed by atoms with van der Waals surface area (Å²) in [6.45, 7) is 6.42. The lowest BCUT2D eigenvalue weighted by atomic mass is 10.0. The summed E-state index contributed by atoms with van der Waals surface area (Å²) in [5.74, 6) is -0.513. The van der Waals surface area contributed by atoms with Crippen LogP contribution in [0.15, 0.2) is 60.8 Å². The van der Waals surface area contributed by atoms with Gasteiger partial charge in [-0.3, -0.25) is 9.59 Å². The Kier molecular flexibility index (Phi) is 47.6. The molecular weight excluding hydrogens is 767 g/mol. The maximum Gasteiger partial charge on any atom is 0.306 e. The van der Waals surface area contributed by atoms with Gasteiger partial charge in [-0.2, -0.15) is 0 Å². The van der Waals surface area contributed by atoms with E-state index in [4.69, 9.17) is 4.74 Å². The molecule has 0 aromatic carbocycles. The first-order valence-electron chi connectivity index (χ1n) is 26.6. The first kappa shape index (κ1) is 59.6. The summed E-state index contributed by atoms with van der Waals surface area (Å²) in [6.07, 6.45) is 61.4. The van der Waals surface area contributed by atoms with Crippen LogP contribution in [-0.2, 0) is 14.3 Å². The normalized spacial score (nSPS) is 13.7. The molecule has 0 bridgehead atoms. The summed E-state index contributed by atoms with van der Waals surface area (Å²) in [6, 6.07) is -0.711. The molecule has 0 heterocycles. The molecule has 360 valence electrons. The second-order valence-electron chi connectivity index (χ2n) is 18.0. The number of carbonyl (C=O) groups excluding carboxylic acids is 2. The smallest absolute Gasteiger partial charge is 0.306 e. The number of aliphatic hydroxyl groups is 2. The van der Waals surface area contributed by atoms with Crippen LogP contribution in [0.4, 0.5) is 0 Å². The molecule has 0 spiro atoms. The standard InChI is InChI=1S/C56H101NO5/c1-4-7-10-13-16-19-21-23-25-27-28-30-32-34-37-40-43-46-49-56(61)62-52(47-44-41-38-36-33-31-29-26-24-22-20-17-14-11-8-5-2)50-55(60)57-53(51-58)54(59)48-45-42-39-35-18-15-12-9-6-3/h16,19,21,23,25,27-28,30-31,33,52-54,58-59H,4-15,17-18,20,22,24,26,29,32,34-51H2,1-3H3,(H,57,60)/b19-16+,23-21+,27-25+,30-28+,33-31+. The Labute approximate surface area is 384 Å². The summed E-state index contributed by atoms with van der Waals surface area (Å²) in [7, 11) is 0. The number of rotatable bonds is 47. The summed E-state index contributed by atoms with van der Waals surface area (Å²) >= 11 is 0. The van der Waals surface area contributed by atoms with Gasteiger partial charge in [0.15, 0.2) is 0 Å². The number of nitrogens with one attached hydrogen (secondary N) is 1. The Morgan fingerprint density at radius 2 is 0.839 bits per heavy atom. The number of carbonyl (C=O) groups is 2. The highest BCUT2D eigenvalue weighted by molar-refractivity contribution is 5.77. The highest BCUT2D eigenvalue weighted by Crippen LogP contribution is 2.17. The summed E-state index contributed by atoms with van der Waals surface area (Å²) in [5.41, 5.74) is 0. The molecular formula is C56H101NO5. The molecule has 0 aliphatic carbocycles. The quantitative estimate of drug-likeness (QED) is 0.0245. The van der Waals surface area contributed by atoms with Gasteiger partial charge in [-0.1, -0.05) is 229 Å². The minimum absolute atomic E-state index is 0.0564. The third-order valence-electron chi connectivity index (χ3n) is 11.9. The van der Waals surface area contributed by atoms with E-state index in [0.717, 1.165) is 96.3 Å². The molecule has 0 saturated heterocycles. The molecule has 62 heavy (non-hydrogen) atoms. The summed E-state index contributed by atoms with van der Waals surface area (Å²) in [5, 5.41) is 23.7. The van der Waals surface area contributed by atoms with Gasteiger partial charge in [-0.25, -0.2) is 0 Å². The van der Waals surface area contributed by atoms with Crippen molar-refractivity contribution in [2.75, 3.05) is 6.61 Å². The van der Waals surface area contributed by atoms with Crippen molar-refractivity contribution in [1.82, 2.24) is 5.32 Å². The van der Waals surface area contributed by atoms with Gasteiger partial charge in [-0.05, 0) is 77.0 Å². The van der Waals surface area contributed by atoms with Crippen molar-refractivity contribution in [1.29, 1.82) is 0 Å². The number of hydrogen-bond donors (Lipinski definition) is 3. The van der Waals surface area contributed by atoms with Gasteiger partial charge >= 0.3 is 5.97 Å². The van der Waals surface area contributed by atoms with Gasteiger partial charge in [-0.15, -0.1) is 0 Å². The second-order valence-corrected chi connectivity index (χ2v) is 18.0. The fourth-order valence-corrected chi connectivity index (χ4v) is 7.85. The largest absolute Gasteiger partial charge is 0.462 e. The molecule has 3 atom stereocenters. The average Bonchev–Trinajstić information content (AvgIpc) is 3.26. The molecule has 6 nitrogen and oxygen atoms in total. The number of unbranched alkanes of at least 4 members (excludes halogenated alkanes) is 28. The minimum Gasteiger partial charge on any atom is -0.462 e. The highest BCUT2D eigenvalue weighted by atomic mass is 16.5. The van der Waals surface area contributed by atoms with Crippen molar-refractivity contribution in [3.63, 3.8) is 0 Å². The molecule has 0 rings (SSSR count). The number of allylic oxidation sites excluding steroid dienone is 10. The van der Waals surface area contributed by atoms with Crippen LogP contribution in [0, 0.1) is 0 Å². The van der Waals surface area contributed by atoms with E-state index in [0.29, 0.717) is 19.3 Å². The van der Waals surface area contributed by atoms with E-state index in [-0.39, 0.29) is 24.9 Å². The Hall–Kier alpha value is -2.44. The van der Waals surface area contributed by atoms with Gasteiger partial charge in [0.05, 0.1) is 25.2 Å². The molecule has 6 heteroatoms. The van der Waals surface area contributed by atoms with Crippen LogP contribution >= 0.6 is 0 Å². The lowest BCUT2D eigenvalue weighted by Gasteiger charge is -2.24. The van der Waals surface area contributed by atoms with E-state index < -0.39 is 18.2 Å². The number of hydrogen-bond acceptors (Lipinski definition) is 5. The third kappa shape index (κ3) is 44.2. The lowest BCUT2D eigenvalue weighted by Crippen LogP contribution is -2.46. The van der Waals surface area contributed by atoms with Gasteiger partial charge in [0.25, 0.3) is 0 Å². The van der Waals surface area contributed by atoms with Crippen LogP contribution in [0.25, 0.3) is 0 Å². The van der Waals surface area contributed by atoms with Gasteiger partial charge in [0.2, 0.25) is 5.91 Å². The zero-order valence-corrected chi connectivity index (χ0v) is 41.0. The van der Waals surface area contributed by atoms with Gasteiger partial charge < -0.3 is 20.3 Å². The van der Waals surface area contributed by atoms with Crippen LogP contribution in [-0.4, -0.2) is 46.9 Å². The second kappa shape index (κ2) is 49.6. The molecule has 3 unspecified atom stereocenters. The molecule has 0 fully saturated rings. The summed E-state index contributed by atoms with van der Waals surface area (Å²) < 4.78 is 5.92. The van der Waals surface area contributed by atoms with E-state index in [1.54, 1.807) is 0 Å². The highest BCUT2D eigenvalue weighted by Gasteiger charge is 2.24. The SMILES string of the molecule is CCCCC/C=C/C=C/C=C/C=C/CCCCCCCC(=O)OC(CCCCC/C=C/CCCCCCCCCCC)CC(=O)NC(CO)C(O)CCCCCCCCCCC. The van der Waals surface area contributed by atoms with Crippen LogP contribution in [0.3, 0.4) is 0 Å². The number of ether oxygens (including phenoxy) is 1. The van der Waals surface area contributed by atoms with Crippen molar-refractivity contribution in [2.24, 2.45) is 0 Å². The van der Waals surface area contributed by atoms with Crippen LogP contribution < -0.4 is 5.32 Å². The Morgan fingerprint density at radius 3 is 1.34 bits per heavy atom. The molecule has 0 aromatic rings. The number of esters is 1. The first-order valence-corrected chi connectivity index (χ1v) is 26.6. The Morgan fingerprint density at radius 1 is 0.468 bits per heavy atom. The summed E-state index contributed by atoms with van der Waals surface area (Å²) in [4.78, 5) is 26.1. The fraction of sp³-hybridized carbons (Fsp3) is 0.786. The zero-order chi connectivity index (χ0) is 45.2. The predicted octanol–water partition coefficient (Wildman–Crippen LogP) is 16.0. The van der Waals surface area contributed by atoms with E-state index in [1.807, 2.05) is 0 Å². The topological polar surface area (TPSA) is 95.9 Å². The molecule has 0 aliphatic heterocycles. The maximum absolute atomic E-state index is 13.2. The fourth-order valence-electron chi connectivity index (χ4n) is 7.85. The predicted molar refractivity (Wildman–Crippen MR) is 268 cm³/mol. The van der Waals surface area contributed by atoms with Crippen LogP contribution in [0.1, 0.15) is 258 Å². The van der Waals surface area contributed by atoms with Gasteiger partial charge in [0, 0.05) is 6.42 Å². The maximum atomic E-state index is 13.2. The molecule has 3 N–H and O–H groups in total. The Balaban J connectivity index is 4.64. The average molecular weight is 868 g/mol. The number of amides is 1. The zero-order valence-electron chi connectivity index (χ0n) is 41.0. The first-order chi connectivity index (χ1) is 30.5. The molecule has 0 aliphatic rings. The third-order valence-corrected chi connectivity index (χ3v) is 11.9. The monoisotopic (exact) mass is 868 g/mol. The van der Waals surface area contributed by atoms with Crippen LogP contribution in [0.2, 0.25) is 0 Å². The number of aliphatic hydroxyl groups excluding tert-OH is 2. The van der Waals surface area contributed by atoms with E-state index in [9.17, 15) is 19.8 Å². The molecule has 0 radical (unpaired) electrons. The van der Waals surface area contributed by atoms with Crippen molar-refractivity contribution >= 4 is 11.9 Å². The van der Waals surface area contributed by atoms with Crippen molar-refractivity contribution in [3.05, 3.63) is 60.8 Å². The van der Waals surface area contributed by atoms with Crippen molar-refractivity contribution in [3.8, 4) is 0 Å². The van der Waals surface area contributed by atoms with Gasteiger partial charge in [0.1, 0.15) is 6.10 Å². The van der Waals surface area contributed by atoms with Crippen LogP contribution in [0.5, 0.6) is 0 Å². The van der Waals surface area contributed by atoms with E-state index in [2.05, 4.69) is 86.8 Å². The Bertz CT molecular complexity index is 1110. The molecule has 0 saturated carbocycles. The van der Waals surface area contributed by atoms with E-state index >= 15 is 0 Å². The molecule has 1 amide bonds.